The van der Waals surface area contributed by atoms with Crippen LogP contribution in [-0.4, -0.2) is 16.8 Å². The molecule has 0 aliphatic carbocycles. The summed E-state index contributed by atoms with van der Waals surface area (Å²) in [5.41, 5.74) is -2.83. The van der Waals surface area contributed by atoms with Gasteiger partial charge < -0.3 is 10.1 Å². The summed E-state index contributed by atoms with van der Waals surface area (Å²) >= 11 is 0. The summed E-state index contributed by atoms with van der Waals surface area (Å²) in [7, 11) is 0. The van der Waals surface area contributed by atoms with Gasteiger partial charge in [-0.15, -0.1) is 0 Å². The molecule has 0 saturated carbocycles. The van der Waals surface area contributed by atoms with E-state index in [4.69, 9.17) is 4.74 Å². The predicted octanol–water partition coefficient (Wildman–Crippen LogP) is 5.38. The number of halogens is 3. The van der Waals surface area contributed by atoms with E-state index in [-0.39, 0.29) is 5.75 Å². The van der Waals surface area contributed by atoms with Crippen molar-refractivity contribution in [2.75, 3.05) is 5.32 Å². The number of esters is 1. The number of rotatable bonds is 6. The second-order valence-electron chi connectivity index (χ2n) is 6.93. The number of carbonyl (C=O) groups is 2. The number of amides is 1. The van der Waals surface area contributed by atoms with Gasteiger partial charge in [-0.1, -0.05) is 30.3 Å². The second kappa shape index (κ2) is 10.3. The van der Waals surface area contributed by atoms with Gasteiger partial charge in [0, 0.05) is 12.1 Å². The number of non-ortho nitro benzene ring substituents is 1. The molecular weight excluding hydrogens is 467 g/mol. The van der Waals surface area contributed by atoms with Gasteiger partial charge in [0.05, 0.1) is 21.7 Å². The average Bonchev–Trinajstić information content (AvgIpc) is 2.83. The Hall–Kier alpha value is -4.98. The summed E-state index contributed by atoms with van der Waals surface area (Å²) in [4.78, 5) is 34.3. The number of alkyl halides is 3. The van der Waals surface area contributed by atoms with Crippen LogP contribution in [0.25, 0.3) is 6.08 Å². The van der Waals surface area contributed by atoms with Crippen molar-refractivity contribution >= 4 is 29.3 Å². The fourth-order valence-corrected chi connectivity index (χ4v) is 2.87. The highest BCUT2D eigenvalue weighted by Crippen LogP contribution is 2.37. The molecule has 1 amide bonds. The highest BCUT2D eigenvalue weighted by Gasteiger charge is 2.35. The lowest BCUT2D eigenvalue weighted by atomic mass is 10.1. The number of nitro benzene ring substituents is 1. The quantitative estimate of drug-likeness (QED) is 0.126. The van der Waals surface area contributed by atoms with Gasteiger partial charge >= 0.3 is 12.1 Å². The molecule has 0 spiro atoms. The van der Waals surface area contributed by atoms with E-state index in [9.17, 15) is 38.1 Å². The van der Waals surface area contributed by atoms with Crippen LogP contribution in [0.1, 0.15) is 21.5 Å². The third-order valence-electron chi connectivity index (χ3n) is 4.54. The van der Waals surface area contributed by atoms with E-state index in [0.29, 0.717) is 17.2 Å². The third-order valence-corrected chi connectivity index (χ3v) is 4.54. The van der Waals surface area contributed by atoms with Crippen molar-refractivity contribution in [1.82, 2.24) is 0 Å². The number of nitriles is 1. The Bertz CT molecular complexity index is 1350. The first-order chi connectivity index (χ1) is 16.6. The lowest BCUT2D eigenvalue weighted by molar-refractivity contribution is -0.385. The van der Waals surface area contributed by atoms with Crippen LogP contribution in [0.15, 0.2) is 78.4 Å². The number of anilines is 1. The highest BCUT2D eigenvalue weighted by atomic mass is 19.4. The second-order valence-corrected chi connectivity index (χ2v) is 6.93. The van der Waals surface area contributed by atoms with Crippen LogP contribution in [0.4, 0.5) is 24.5 Å². The van der Waals surface area contributed by atoms with Crippen LogP contribution in [0.5, 0.6) is 5.75 Å². The van der Waals surface area contributed by atoms with Crippen molar-refractivity contribution in [1.29, 1.82) is 5.26 Å². The molecule has 11 heteroatoms. The highest BCUT2D eigenvalue weighted by molar-refractivity contribution is 6.10. The molecule has 0 atom stereocenters. The first kappa shape index (κ1) is 24.7. The number of hydrogen-bond donors (Lipinski definition) is 1. The molecule has 0 saturated heterocycles. The fraction of sp³-hybridized carbons (Fsp3) is 0.0417. The normalized spacial score (nSPS) is 11.3. The van der Waals surface area contributed by atoms with Crippen molar-refractivity contribution < 1.29 is 32.4 Å². The Kier molecular flexibility index (Phi) is 7.26. The molecule has 35 heavy (non-hydrogen) atoms. The predicted molar refractivity (Wildman–Crippen MR) is 118 cm³/mol. The summed E-state index contributed by atoms with van der Waals surface area (Å²) in [6, 6.07) is 17.4. The van der Waals surface area contributed by atoms with Gasteiger partial charge in [-0.2, -0.15) is 18.4 Å². The Labute approximate surface area is 196 Å². The van der Waals surface area contributed by atoms with Gasteiger partial charge in [-0.3, -0.25) is 14.9 Å². The van der Waals surface area contributed by atoms with Crippen LogP contribution in [-0.2, 0) is 11.0 Å². The van der Waals surface area contributed by atoms with Gasteiger partial charge in [0.25, 0.3) is 11.6 Å². The Morgan fingerprint density at radius 3 is 2.26 bits per heavy atom. The minimum Gasteiger partial charge on any atom is -0.423 e. The SMILES string of the molecule is N#C/C(=C\c1ccc(OC(=O)c2ccccc2)cc1)C(=O)Nc1ccc([N+](=O)[O-])cc1C(F)(F)F. The topological polar surface area (TPSA) is 122 Å². The zero-order valence-electron chi connectivity index (χ0n) is 17.6. The molecule has 0 heterocycles. The van der Waals surface area contributed by atoms with E-state index < -0.39 is 45.5 Å². The number of nitrogens with one attached hydrogen (secondary N) is 1. The smallest absolute Gasteiger partial charge is 0.418 e. The molecule has 0 fully saturated rings. The standard InChI is InChI=1S/C24H14F3N3O5/c25-24(26,27)20-13-18(30(33)34)8-11-21(20)29-22(31)17(14-28)12-15-6-9-19(10-7-15)35-23(32)16-4-2-1-3-5-16/h1-13H,(H,29,31)/b17-12+. The van der Waals surface area contributed by atoms with Crippen LogP contribution in [0, 0.1) is 21.4 Å². The molecule has 0 unspecified atom stereocenters. The molecule has 0 radical (unpaired) electrons. The molecule has 1 N–H and O–H groups in total. The summed E-state index contributed by atoms with van der Waals surface area (Å²) < 4.78 is 45.2. The maximum atomic E-state index is 13.3. The van der Waals surface area contributed by atoms with E-state index in [2.05, 4.69) is 0 Å². The molecular formula is C24H14F3N3O5. The van der Waals surface area contributed by atoms with E-state index in [1.807, 2.05) is 5.32 Å². The first-order valence-electron chi connectivity index (χ1n) is 9.74. The van der Waals surface area contributed by atoms with Gasteiger partial charge in [-0.05, 0) is 42.0 Å². The van der Waals surface area contributed by atoms with E-state index in [1.165, 1.54) is 24.3 Å². The number of hydrogen-bond acceptors (Lipinski definition) is 6. The summed E-state index contributed by atoms with van der Waals surface area (Å²) in [5.74, 6) is -1.54. The van der Waals surface area contributed by atoms with E-state index in [0.717, 1.165) is 18.2 Å². The molecule has 0 bridgehead atoms. The average molecular weight is 481 g/mol. The lowest BCUT2D eigenvalue weighted by Gasteiger charge is -2.13. The zero-order valence-corrected chi connectivity index (χ0v) is 17.6. The Balaban J connectivity index is 1.78. The van der Waals surface area contributed by atoms with Crippen molar-refractivity contribution in [2.24, 2.45) is 0 Å². The van der Waals surface area contributed by atoms with Crippen LogP contribution in [0.2, 0.25) is 0 Å². The van der Waals surface area contributed by atoms with Crippen molar-refractivity contribution in [2.45, 2.75) is 6.18 Å². The van der Waals surface area contributed by atoms with Gasteiger partial charge in [0.1, 0.15) is 17.4 Å². The summed E-state index contributed by atoms with van der Waals surface area (Å²) in [6.07, 6.45) is -3.87. The molecule has 3 aromatic carbocycles. The first-order valence-corrected chi connectivity index (χ1v) is 9.74. The fourth-order valence-electron chi connectivity index (χ4n) is 2.87. The molecule has 3 rings (SSSR count). The lowest BCUT2D eigenvalue weighted by Crippen LogP contribution is -2.18. The Morgan fingerprint density at radius 2 is 1.69 bits per heavy atom. The molecule has 0 aromatic heterocycles. The van der Waals surface area contributed by atoms with Crippen LogP contribution < -0.4 is 10.1 Å². The minimum atomic E-state index is -4.99. The van der Waals surface area contributed by atoms with Crippen molar-refractivity contribution in [3.8, 4) is 11.8 Å². The van der Waals surface area contributed by atoms with Gasteiger partial charge in [0.15, 0.2) is 0 Å². The summed E-state index contributed by atoms with van der Waals surface area (Å²) in [5, 5.41) is 22.1. The van der Waals surface area contributed by atoms with E-state index >= 15 is 0 Å². The van der Waals surface area contributed by atoms with Crippen molar-refractivity contribution in [3.63, 3.8) is 0 Å². The molecule has 8 nitrogen and oxygen atoms in total. The number of nitrogens with zero attached hydrogens (tertiary/aromatic N) is 2. The number of carbonyl (C=O) groups excluding carboxylic acids is 2. The van der Waals surface area contributed by atoms with Gasteiger partial charge in [-0.25, -0.2) is 4.79 Å². The monoisotopic (exact) mass is 481 g/mol. The number of nitro groups is 1. The van der Waals surface area contributed by atoms with Crippen LogP contribution in [0.3, 0.4) is 0 Å². The van der Waals surface area contributed by atoms with E-state index in [1.54, 1.807) is 36.4 Å². The molecule has 176 valence electrons. The molecule has 3 aromatic rings. The maximum Gasteiger partial charge on any atom is 0.418 e. The van der Waals surface area contributed by atoms with Crippen LogP contribution >= 0.6 is 0 Å². The van der Waals surface area contributed by atoms with Crippen molar-refractivity contribution in [3.05, 3.63) is 105 Å². The summed E-state index contributed by atoms with van der Waals surface area (Å²) in [6.45, 7) is 0. The van der Waals surface area contributed by atoms with Gasteiger partial charge in [0.2, 0.25) is 0 Å². The third kappa shape index (κ3) is 6.29. The molecule has 0 aliphatic heterocycles. The minimum absolute atomic E-state index is 0.194. The number of benzene rings is 3. The molecule has 0 aliphatic rings. The largest absolute Gasteiger partial charge is 0.423 e. The maximum absolute atomic E-state index is 13.3. The Morgan fingerprint density at radius 1 is 1.03 bits per heavy atom. The zero-order chi connectivity index (χ0) is 25.6. The number of ether oxygens (including phenoxy) is 1.